The molecular formula is C19H13N3O2. The molecule has 3 aromatic carbocycles. The lowest BCUT2D eigenvalue weighted by Gasteiger charge is -2.01. The molecule has 0 atom stereocenters. The highest BCUT2D eigenvalue weighted by molar-refractivity contribution is 5.88. The van der Waals surface area contributed by atoms with E-state index in [9.17, 15) is 4.79 Å². The lowest BCUT2D eigenvalue weighted by Crippen LogP contribution is -1.98. The number of carbonyl (C=O) groups is 1. The van der Waals surface area contributed by atoms with Crippen LogP contribution >= 0.6 is 0 Å². The van der Waals surface area contributed by atoms with Gasteiger partial charge in [0.05, 0.1) is 17.4 Å². The Hall–Kier alpha value is -3.47. The summed E-state index contributed by atoms with van der Waals surface area (Å²) in [5.41, 5.74) is 2.76. The van der Waals surface area contributed by atoms with Crippen LogP contribution in [0, 0.1) is 0 Å². The number of hydrogen-bond donors (Lipinski definition) is 1. The molecule has 24 heavy (non-hydrogen) atoms. The molecule has 4 aromatic rings. The Kier molecular flexibility index (Phi) is 3.31. The molecule has 116 valence electrons. The smallest absolute Gasteiger partial charge is 0.335 e. The van der Waals surface area contributed by atoms with Crippen LogP contribution in [0.2, 0.25) is 0 Å². The van der Waals surface area contributed by atoms with Gasteiger partial charge in [-0.3, -0.25) is 0 Å². The zero-order valence-electron chi connectivity index (χ0n) is 12.6. The predicted octanol–water partition coefficient (Wildman–Crippen LogP) is 3.79. The summed E-state index contributed by atoms with van der Waals surface area (Å²) < 4.78 is 1.64. The number of carboxylic acid groups (broad SMARTS) is 1. The second-order valence-electron chi connectivity index (χ2n) is 5.46. The zero-order chi connectivity index (χ0) is 16.5. The number of fused-ring (bicyclic) bond motifs is 1. The number of rotatable bonds is 3. The van der Waals surface area contributed by atoms with Crippen LogP contribution in [0.25, 0.3) is 27.7 Å². The van der Waals surface area contributed by atoms with E-state index in [1.54, 1.807) is 28.9 Å². The molecule has 1 heterocycles. The third kappa shape index (κ3) is 2.52. The maximum absolute atomic E-state index is 10.9. The first-order valence-corrected chi connectivity index (χ1v) is 7.46. The normalized spacial score (nSPS) is 10.8. The minimum absolute atomic E-state index is 0.244. The van der Waals surface area contributed by atoms with Crippen molar-refractivity contribution in [1.82, 2.24) is 15.0 Å². The molecule has 0 spiro atoms. The lowest BCUT2D eigenvalue weighted by molar-refractivity contribution is 0.0697. The Labute approximate surface area is 137 Å². The SMILES string of the molecule is O=C(O)c1ccc(-n2cc(-c3ccc4ccccc4c3)nn2)cc1. The van der Waals surface area contributed by atoms with Crippen LogP contribution in [0.5, 0.6) is 0 Å². The Morgan fingerprint density at radius 2 is 1.67 bits per heavy atom. The second kappa shape index (κ2) is 5.62. The van der Waals surface area contributed by atoms with E-state index in [-0.39, 0.29) is 5.56 Å². The van der Waals surface area contributed by atoms with Crippen molar-refractivity contribution in [3.63, 3.8) is 0 Å². The third-order valence-electron chi connectivity index (χ3n) is 3.92. The first-order valence-electron chi connectivity index (χ1n) is 7.46. The summed E-state index contributed by atoms with van der Waals surface area (Å²) in [6.07, 6.45) is 1.83. The molecule has 5 heteroatoms. The van der Waals surface area contributed by atoms with Crippen molar-refractivity contribution in [2.24, 2.45) is 0 Å². The van der Waals surface area contributed by atoms with Crippen molar-refractivity contribution in [3.8, 4) is 16.9 Å². The fourth-order valence-electron chi connectivity index (χ4n) is 2.63. The first-order chi connectivity index (χ1) is 11.7. The number of benzene rings is 3. The number of carboxylic acids is 1. The van der Waals surface area contributed by atoms with Gasteiger partial charge in [-0.1, -0.05) is 41.6 Å². The first kappa shape index (κ1) is 14.1. The molecule has 0 fully saturated rings. The number of aromatic carboxylic acids is 1. The summed E-state index contributed by atoms with van der Waals surface area (Å²) in [5, 5.41) is 19.6. The number of nitrogens with zero attached hydrogens (tertiary/aromatic N) is 3. The fourth-order valence-corrected chi connectivity index (χ4v) is 2.63. The maximum Gasteiger partial charge on any atom is 0.335 e. The van der Waals surface area contributed by atoms with Crippen LogP contribution in [-0.2, 0) is 0 Å². The highest BCUT2D eigenvalue weighted by Crippen LogP contribution is 2.23. The largest absolute Gasteiger partial charge is 0.478 e. The van der Waals surface area contributed by atoms with Crippen molar-refractivity contribution < 1.29 is 9.90 Å². The topological polar surface area (TPSA) is 68.0 Å². The van der Waals surface area contributed by atoms with Gasteiger partial charge >= 0.3 is 5.97 Å². The van der Waals surface area contributed by atoms with E-state index < -0.39 is 5.97 Å². The molecule has 0 radical (unpaired) electrons. The molecule has 5 nitrogen and oxygen atoms in total. The molecule has 4 rings (SSSR count). The summed E-state index contributed by atoms with van der Waals surface area (Å²) in [6.45, 7) is 0. The Morgan fingerprint density at radius 1 is 0.917 bits per heavy atom. The van der Waals surface area contributed by atoms with Crippen LogP contribution < -0.4 is 0 Å². The van der Waals surface area contributed by atoms with E-state index in [1.807, 2.05) is 24.4 Å². The molecule has 0 saturated heterocycles. The van der Waals surface area contributed by atoms with Crippen LogP contribution in [0.4, 0.5) is 0 Å². The molecule has 1 N–H and O–H groups in total. The van der Waals surface area contributed by atoms with Gasteiger partial charge in [0, 0.05) is 5.56 Å². The summed E-state index contributed by atoms with van der Waals surface area (Å²) in [7, 11) is 0. The van der Waals surface area contributed by atoms with Gasteiger partial charge in [-0.05, 0) is 41.1 Å². The van der Waals surface area contributed by atoms with E-state index in [4.69, 9.17) is 5.11 Å². The minimum Gasteiger partial charge on any atom is -0.478 e. The van der Waals surface area contributed by atoms with Crippen LogP contribution in [0.15, 0.2) is 72.9 Å². The predicted molar refractivity (Wildman–Crippen MR) is 91.3 cm³/mol. The molecule has 0 aliphatic rings. The van der Waals surface area contributed by atoms with Gasteiger partial charge in [0.1, 0.15) is 5.69 Å². The molecule has 0 aliphatic heterocycles. The van der Waals surface area contributed by atoms with Crippen molar-refractivity contribution in [2.45, 2.75) is 0 Å². The van der Waals surface area contributed by atoms with Crippen molar-refractivity contribution in [2.75, 3.05) is 0 Å². The lowest BCUT2D eigenvalue weighted by atomic mass is 10.1. The maximum atomic E-state index is 10.9. The number of aromatic nitrogens is 3. The van der Waals surface area contributed by atoms with Crippen LogP contribution in [-0.4, -0.2) is 26.1 Å². The van der Waals surface area contributed by atoms with Crippen LogP contribution in [0.3, 0.4) is 0 Å². The van der Waals surface area contributed by atoms with Gasteiger partial charge in [-0.15, -0.1) is 5.10 Å². The Bertz CT molecular complexity index is 1040. The summed E-state index contributed by atoms with van der Waals surface area (Å²) >= 11 is 0. The molecule has 0 unspecified atom stereocenters. The molecule has 0 aliphatic carbocycles. The standard InChI is InChI=1S/C19H13N3O2/c23-19(24)14-7-9-17(10-8-14)22-12-18(20-21-22)16-6-5-13-3-1-2-4-15(13)11-16/h1-12H,(H,23,24). The summed E-state index contributed by atoms with van der Waals surface area (Å²) in [4.78, 5) is 10.9. The second-order valence-corrected chi connectivity index (χ2v) is 5.46. The van der Waals surface area contributed by atoms with Gasteiger partial charge < -0.3 is 5.11 Å². The zero-order valence-corrected chi connectivity index (χ0v) is 12.6. The molecule has 0 saturated carbocycles. The molecule has 1 aromatic heterocycles. The van der Waals surface area contributed by atoms with Gasteiger partial charge in [-0.2, -0.15) is 0 Å². The van der Waals surface area contributed by atoms with Gasteiger partial charge in [0.2, 0.25) is 0 Å². The Balaban J connectivity index is 1.69. The fraction of sp³-hybridized carbons (Fsp3) is 0. The molecule has 0 bridgehead atoms. The monoisotopic (exact) mass is 315 g/mol. The van der Waals surface area contributed by atoms with E-state index in [1.165, 1.54) is 5.39 Å². The van der Waals surface area contributed by atoms with Crippen molar-refractivity contribution in [3.05, 3.63) is 78.5 Å². The average molecular weight is 315 g/mol. The minimum atomic E-state index is -0.947. The van der Waals surface area contributed by atoms with Gasteiger partial charge in [0.15, 0.2) is 0 Å². The summed E-state index contributed by atoms with van der Waals surface area (Å²) in [6, 6.07) is 20.8. The highest BCUT2D eigenvalue weighted by atomic mass is 16.4. The Morgan fingerprint density at radius 3 is 2.42 bits per heavy atom. The quantitative estimate of drug-likeness (QED) is 0.624. The summed E-state index contributed by atoms with van der Waals surface area (Å²) in [5.74, 6) is -0.947. The van der Waals surface area contributed by atoms with Gasteiger partial charge in [-0.25, -0.2) is 9.48 Å². The van der Waals surface area contributed by atoms with E-state index in [2.05, 4.69) is 34.6 Å². The highest BCUT2D eigenvalue weighted by Gasteiger charge is 2.07. The van der Waals surface area contributed by atoms with Crippen LogP contribution in [0.1, 0.15) is 10.4 Å². The van der Waals surface area contributed by atoms with E-state index in [0.717, 1.165) is 22.3 Å². The van der Waals surface area contributed by atoms with Gasteiger partial charge in [0.25, 0.3) is 0 Å². The van der Waals surface area contributed by atoms with Crippen molar-refractivity contribution >= 4 is 16.7 Å². The molecule has 0 amide bonds. The van der Waals surface area contributed by atoms with Crippen molar-refractivity contribution in [1.29, 1.82) is 0 Å². The van der Waals surface area contributed by atoms with E-state index in [0.29, 0.717) is 0 Å². The third-order valence-corrected chi connectivity index (χ3v) is 3.92. The number of hydrogen-bond acceptors (Lipinski definition) is 3. The molecular weight excluding hydrogens is 302 g/mol. The average Bonchev–Trinajstić information content (AvgIpc) is 3.11. The van der Waals surface area contributed by atoms with E-state index >= 15 is 0 Å².